The fourth-order valence-electron chi connectivity index (χ4n) is 1.41. The Kier molecular flexibility index (Phi) is 5.61. The van der Waals surface area contributed by atoms with Gasteiger partial charge in [-0.05, 0) is 17.9 Å². The number of hydrogen-bond donors (Lipinski definition) is 2. The van der Waals surface area contributed by atoms with Crippen molar-refractivity contribution in [2.45, 2.75) is 25.6 Å². The highest BCUT2D eigenvalue weighted by molar-refractivity contribution is 7.10. The van der Waals surface area contributed by atoms with Crippen molar-refractivity contribution in [3.8, 4) is 0 Å². The molecule has 3 nitrogen and oxygen atoms in total. The van der Waals surface area contributed by atoms with E-state index in [1.807, 2.05) is 29.8 Å². The van der Waals surface area contributed by atoms with Gasteiger partial charge in [-0.15, -0.1) is 11.3 Å². The maximum absolute atomic E-state index is 11.9. The van der Waals surface area contributed by atoms with Crippen molar-refractivity contribution in [1.29, 1.82) is 0 Å². The average molecular weight is 280 g/mol. The van der Waals surface area contributed by atoms with Crippen LogP contribution in [-0.4, -0.2) is 25.2 Å². The standard InChI is InChI=1S/C11H15F3N2OS/c1-2-8(9-4-3-5-18-9)15-6-10(17)16-7-11(12,13)14/h3-5,8,15H,2,6-7H2,1H3,(H,16,17). The molecule has 18 heavy (non-hydrogen) atoms. The number of rotatable bonds is 6. The summed E-state index contributed by atoms with van der Waals surface area (Å²) in [6.45, 7) is 0.542. The minimum atomic E-state index is -4.37. The highest BCUT2D eigenvalue weighted by Crippen LogP contribution is 2.21. The Balaban J connectivity index is 2.33. The summed E-state index contributed by atoms with van der Waals surface area (Å²) in [5, 5.41) is 6.68. The zero-order chi connectivity index (χ0) is 13.6. The van der Waals surface area contributed by atoms with E-state index in [0.717, 1.165) is 11.3 Å². The molecule has 2 N–H and O–H groups in total. The number of nitrogens with one attached hydrogen (secondary N) is 2. The zero-order valence-electron chi connectivity index (χ0n) is 9.88. The Morgan fingerprint density at radius 3 is 2.72 bits per heavy atom. The lowest BCUT2D eigenvalue weighted by Gasteiger charge is -2.15. The lowest BCUT2D eigenvalue weighted by Crippen LogP contribution is -2.40. The van der Waals surface area contributed by atoms with E-state index in [-0.39, 0.29) is 12.6 Å². The summed E-state index contributed by atoms with van der Waals surface area (Å²) in [6.07, 6.45) is -3.60. The predicted molar refractivity (Wildman–Crippen MR) is 64.4 cm³/mol. The van der Waals surface area contributed by atoms with Crippen LogP contribution < -0.4 is 10.6 Å². The third kappa shape index (κ3) is 5.50. The van der Waals surface area contributed by atoms with Gasteiger partial charge in [0, 0.05) is 10.9 Å². The summed E-state index contributed by atoms with van der Waals surface area (Å²) in [4.78, 5) is 12.3. The van der Waals surface area contributed by atoms with Crippen molar-refractivity contribution in [3.63, 3.8) is 0 Å². The largest absolute Gasteiger partial charge is 0.405 e. The first-order valence-corrected chi connectivity index (χ1v) is 6.40. The van der Waals surface area contributed by atoms with Gasteiger partial charge in [-0.3, -0.25) is 4.79 Å². The first-order valence-electron chi connectivity index (χ1n) is 5.52. The molecule has 0 aliphatic rings. The summed E-state index contributed by atoms with van der Waals surface area (Å²) >= 11 is 1.55. The zero-order valence-corrected chi connectivity index (χ0v) is 10.7. The molecule has 1 unspecified atom stereocenters. The molecule has 0 fully saturated rings. The monoisotopic (exact) mass is 280 g/mol. The molecular weight excluding hydrogens is 265 g/mol. The minimum absolute atomic E-state index is 0.00152. The number of hydrogen-bond acceptors (Lipinski definition) is 3. The fraction of sp³-hybridized carbons (Fsp3) is 0.545. The summed E-state index contributed by atoms with van der Waals surface area (Å²) in [5.74, 6) is -0.651. The third-order valence-corrected chi connectivity index (χ3v) is 3.28. The van der Waals surface area contributed by atoms with Crippen LogP contribution in [0.4, 0.5) is 13.2 Å². The molecular formula is C11H15F3N2OS. The second-order valence-corrected chi connectivity index (χ2v) is 4.73. The second-order valence-electron chi connectivity index (χ2n) is 3.75. The number of amides is 1. The van der Waals surface area contributed by atoms with Gasteiger partial charge in [0.15, 0.2) is 0 Å². The molecule has 0 bridgehead atoms. The van der Waals surface area contributed by atoms with Crippen molar-refractivity contribution in [2.75, 3.05) is 13.1 Å². The summed E-state index contributed by atoms with van der Waals surface area (Å²) < 4.78 is 35.6. The Bertz CT molecular complexity index is 365. The van der Waals surface area contributed by atoms with Gasteiger partial charge in [-0.1, -0.05) is 13.0 Å². The highest BCUT2D eigenvalue weighted by Gasteiger charge is 2.27. The number of alkyl halides is 3. The first-order chi connectivity index (χ1) is 8.42. The lowest BCUT2D eigenvalue weighted by atomic mass is 10.2. The van der Waals surface area contributed by atoms with Gasteiger partial charge in [-0.25, -0.2) is 0 Å². The summed E-state index contributed by atoms with van der Waals surface area (Å²) in [7, 11) is 0. The molecule has 0 radical (unpaired) electrons. The first kappa shape index (κ1) is 15.0. The van der Waals surface area contributed by atoms with Gasteiger partial charge in [-0.2, -0.15) is 13.2 Å². The molecule has 0 spiro atoms. The Hall–Kier alpha value is -1.08. The van der Waals surface area contributed by atoms with Crippen molar-refractivity contribution in [3.05, 3.63) is 22.4 Å². The van der Waals surface area contributed by atoms with Crippen LogP contribution in [0.25, 0.3) is 0 Å². The summed E-state index contributed by atoms with van der Waals surface area (Å²) in [6, 6.07) is 3.83. The number of carbonyl (C=O) groups is 1. The van der Waals surface area contributed by atoms with Crippen LogP contribution in [0.2, 0.25) is 0 Å². The van der Waals surface area contributed by atoms with Gasteiger partial charge in [0.2, 0.25) is 5.91 Å². The van der Waals surface area contributed by atoms with Gasteiger partial charge in [0.25, 0.3) is 0 Å². The van der Waals surface area contributed by atoms with Crippen LogP contribution in [-0.2, 0) is 4.79 Å². The van der Waals surface area contributed by atoms with Crippen molar-refractivity contribution >= 4 is 17.2 Å². The topological polar surface area (TPSA) is 41.1 Å². The molecule has 1 aromatic heterocycles. The maximum Gasteiger partial charge on any atom is 0.405 e. The van der Waals surface area contributed by atoms with Crippen molar-refractivity contribution in [1.82, 2.24) is 10.6 Å². The molecule has 1 aromatic rings. The lowest BCUT2D eigenvalue weighted by molar-refractivity contribution is -0.137. The molecule has 1 amide bonds. The van der Waals surface area contributed by atoms with Crippen LogP contribution >= 0.6 is 11.3 Å². The van der Waals surface area contributed by atoms with E-state index in [1.165, 1.54) is 0 Å². The number of thiophene rings is 1. The average Bonchev–Trinajstić information content (AvgIpc) is 2.80. The molecule has 102 valence electrons. The molecule has 0 aliphatic carbocycles. The van der Waals surface area contributed by atoms with Gasteiger partial charge < -0.3 is 10.6 Å². The van der Waals surface area contributed by atoms with E-state index in [9.17, 15) is 18.0 Å². The molecule has 1 atom stereocenters. The molecule has 0 aromatic carbocycles. The van der Waals surface area contributed by atoms with E-state index >= 15 is 0 Å². The second kappa shape index (κ2) is 6.75. The van der Waals surface area contributed by atoms with Gasteiger partial charge >= 0.3 is 6.18 Å². The molecule has 1 rings (SSSR count). The summed E-state index contributed by atoms with van der Waals surface area (Å²) in [5.41, 5.74) is 0. The quantitative estimate of drug-likeness (QED) is 0.840. The van der Waals surface area contributed by atoms with Crippen LogP contribution in [0.5, 0.6) is 0 Å². The van der Waals surface area contributed by atoms with E-state index in [0.29, 0.717) is 0 Å². The molecule has 7 heteroatoms. The SMILES string of the molecule is CCC(NCC(=O)NCC(F)(F)F)c1cccs1. The van der Waals surface area contributed by atoms with Gasteiger partial charge in [0.05, 0.1) is 6.54 Å². The van der Waals surface area contributed by atoms with E-state index < -0.39 is 18.6 Å². The Morgan fingerprint density at radius 1 is 1.50 bits per heavy atom. The van der Waals surface area contributed by atoms with Crippen molar-refractivity contribution < 1.29 is 18.0 Å². The van der Waals surface area contributed by atoms with E-state index in [2.05, 4.69) is 5.32 Å². The Labute approximate surface area is 107 Å². The van der Waals surface area contributed by atoms with Crippen LogP contribution in [0.15, 0.2) is 17.5 Å². The van der Waals surface area contributed by atoms with Crippen LogP contribution in [0.3, 0.4) is 0 Å². The Morgan fingerprint density at radius 2 is 2.22 bits per heavy atom. The van der Waals surface area contributed by atoms with E-state index in [4.69, 9.17) is 0 Å². The fourth-order valence-corrected chi connectivity index (χ4v) is 2.30. The molecule has 0 saturated carbocycles. The number of halogens is 3. The normalized spacial score (nSPS) is 13.3. The van der Waals surface area contributed by atoms with Gasteiger partial charge in [0.1, 0.15) is 6.54 Å². The van der Waals surface area contributed by atoms with Crippen molar-refractivity contribution in [2.24, 2.45) is 0 Å². The minimum Gasteiger partial charge on any atom is -0.346 e. The molecule has 0 saturated heterocycles. The van der Waals surface area contributed by atoms with Crippen LogP contribution in [0.1, 0.15) is 24.3 Å². The smallest absolute Gasteiger partial charge is 0.346 e. The predicted octanol–water partition coefficient (Wildman–Crippen LogP) is 2.47. The molecule has 1 heterocycles. The number of carbonyl (C=O) groups excluding carboxylic acids is 1. The van der Waals surface area contributed by atoms with E-state index in [1.54, 1.807) is 11.3 Å². The molecule has 0 aliphatic heterocycles. The maximum atomic E-state index is 11.9. The third-order valence-electron chi connectivity index (χ3n) is 2.29. The highest BCUT2D eigenvalue weighted by atomic mass is 32.1. The van der Waals surface area contributed by atoms with Crippen LogP contribution in [0, 0.1) is 0 Å².